The van der Waals surface area contributed by atoms with Gasteiger partial charge in [0.25, 0.3) is 11.8 Å². The standard InChI is InChI=1S/C30H29F3N4O6/c1-19(16-26(39)43-29(41)30(31,32)33)36-18-25(38)37(21-9-3-2-4-10-21)23-13-12-20(17-22(23)28(36)40)8-5-6-15-42-24-11-7-14-35-27(24)34/h2-4,7,9-14,17,19H,5-6,8,15-16,18H2,1H3,(H2,34,35). The number of rotatable bonds is 10. The molecule has 2 aromatic carbocycles. The number of nitrogens with two attached hydrogens (primary N) is 1. The topological polar surface area (TPSA) is 132 Å². The molecule has 0 fully saturated rings. The predicted octanol–water partition coefficient (Wildman–Crippen LogP) is 4.60. The Balaban J connectivity index is 1.53. The first-order valence-electron chi connectivity index (χ1n) is 13.4. The van der Waals surface area contributed by atoms with Crippen molar-refractivity contribution in [1.82, 2.24) is 9.88 Å². The lowest BCUT2D eigenvalue weighted by Crippen LogP contribution is -2.44. The van der Waals surface area contributed by atoms with Crippen LogP contribution in [0.4, 0.5) is 30.4 Å². The molecule has 1 aliphatic rings. The molecular weight excluding hydrogens is 569 g/mol. The number of benzene rings is 2. The summed E-state index contributed by atoms with van der Waals surface area (Å²) in [6.45, 7) is 1.32. The van der Waals surface area contributed by atoms with Crippen LogP contribution in [0.1, 0.15) is 42.1 Å². The van der Waals surface area contributed by atoms with E-state index in [0.29, 0.717) is 48.8 Å². The molecule has 2 heterocycles. The first kappa shape index (κ1) is 31.0. The first-order chi connectivity index (χ1) is 20.5. The van der Waals surface area contributed by atoms with Crippen LogP contribution in [0, 0.1) is 0 Å². The second kappa shape index (κ2) is 13.4. The summed E-state index contributed by atoms with van der Waals surface area (Å²) in [4.78, 5) is 56.9. The molecule has 0 spiro atoms. The lowest BCUT2D eigenvalue weighted by molar-refractivity contribution is -0.202. The number of hydrogen-bond donors (Lipinski definition) is 1. The molecule has 2 N–H and O–H groups in total. The van der Waals surface area contributed by atoms with Crippen LogP contribution < -0.4 is 15.4 Å². The SMILES string of the molecule is CC(CC(=O)OC(=O)C(F)(F)F)N1CC(=O)N(c2ccccc2)c2ccc(CCCCOc3cccnc3N)cc2C1=O. The fraction of sp³-hybridized carbons (Fsp3) is 0.300. The number of pyridine rings is 1. The summed E-state index contributed by atoms with van der Waals surface area (Å²) in [7, 11) is 0. The van der Waals surface area contributed by atoms with E-state index < -0.39 is 48.9 Å². The number of nitrogen functional groups attached to an aromatic ring is 1. The van der Waals surface area contributed by atoms with Crippen LogP contribution in [0.5, 0.6) is 5.75 Å². The average molecular weight is 599 g/mol. The van der Waals surface area contributed by atoms with Crippen molar-refractivity contribution < 1.29 is 41.8 Å². The van der Waals surface area contributed by atoms with E-state index in [9.17, 15) is 32.3 Å². The molecule has 0 aliphatic carbocycles. The highest BCUT2D eigenvalue weighted by Crippen LogP contribution is 2.34. The monoisotopic (exact) mass is 598 g/mol. The molecule has 1 aromatic heterocycles. The maximum absolute atomic E-state index is 13.8. The molecule has 3 aromatic rings. The number of carbonyl (C=O) groups is 4. The largest absolute Gasteiger partial charge is 0.491 e. The van der Waals surface area contributed by atoms with Crippen LogP contribution in [0.25, 0.3) is 0 Å². The summed E-state index contributed by atoms with van der Waals surface area (Å²) in [6, 6.07) is 16.2. The van der Waals surface area contributed by atoms with Crippen molar-refractivity contribution in [2.75, 3.05) is 23.8 Å². The third-order valence-electron chi connectivity index (χ3n) is 6.71. The summed E-state index contributed by atoms with van der Waals surface area (Å²) in [5.74, 6) is -4.43. The number of ether oxygens (including phenoxy) is 2. The second-order valence-corrected chi connectivity index (χ2v) is 9.85. The number of para-hydroxylation sites is 1. The highest BCUT2D eigenvalue weighted by molar-refractivity contribution is 6.13. The zero-order chi connectivity index (χ0) is 31.1. The van der Waals surface area contributed by atoms with Crippen molar-refractivity contribution in [3.8, 4) is 5.75 Å². The molecule has 13 heteroatoms. The van der Waals surface area contributed by atoms with Gasteiger partial charge in [-0.25, -0.2) is 9.78 Å². The highest BCUT2D eigenvalue weighted by Gasteiger charge is 2.43. The summed E-state index contributed by atoms with van der Waals surface area (Å²) >= 11 is 0. The number of anilines is 3. The molecule has 0 radical (unpaired) electrons. The van der Waals surface area contributed by atoms with E-state index in [2.05, 4.69) is 9.72 Å². The van der Waals surface area contributed by atoms with Crippen molar-refractivity contribution in [1.29, 1.82) is 0 Å². The van der Waals surface area contributed by atoms with Gasteiger partial charge in [0.05, 0.1) is 24.3 Å². The van der Waals surface area contributed by atoms with Gasteiger partial charge in [-0.15, -0.1) is 0 Å². The number of hydrogen-bond acceptors (Lipinski definition) is 8. The van der Waals surface area contributed by atoms with Gasteiger partial charge in [-0.3, -0.25) is 19.3 Å². The van der Waals surface area contributed by atoms with Gasteiger partial charge in [0.2, 0.25) is 0 Å². The number of aryl methyl sites for hydroxylation is 1. The predicted molar refractivity (Wildman–Crippen MR) is 149 cm³/mol. The Labute approximate surface area is 245 Å². The zero-order valence-electron chi connectivity index (χ0n) is 23.2. The quantitative estimate of drug-likeness (QED) is 0.204. The van der Waals surface area contributed by atoms with Gasteiger partial charge in [-0.2, -0.15) is 13.2 Å². The molecule has 10 nitrogen and oxygen atoms in total. The van der Waals surface area contributed by atoms with Crippen LogP contribution in [0.3, 0.4) is 0 Å². The number of esters is 2. The Bertz CT molecular complexity index is 1500. The van der Waals surface area contributed by atoms with Gasteiger partial charge in [0.1, 0.15) is 6.54 Å². The minimum Gasteiger partial charge on any atom is -0.490 e. The normalized spacial score (nSPS) is 14.1. The average Bonchev–Trinajstić information content (AvgIpc) is 3.07. The Morgan fingerprint density at radius 1 is 1.05 bits per heavy atom. The fourth-order valence-corrected chi connectivity index (χ4v) is 4.59. The Hall–Kier alpha value is -4.94. The molecule has 1 unspecified atom stereocenters. The van der Waals surface area contributed by atoms with Crippen molar-refractivity contribution in [2.45, 2.75) is 44.8 Å². The molecule has 43 heavy (non-hydrogen) atoms. The summed E-state index contributed by atoms with van der Waals surface area (Å²) in [5.41, 5.74) is 7.60. The number of carbonyl (C=O) groups excluding carboxylic acids is 4. The number of aromatic nitrogens is 1. The molecule has 0 bridgehead atoms. The van der Waals surface area contributed by atoms with Gasteiger partial charge < -0.3 is 20.1 Å². The van der Waals surface area contributed by atoms with E-state index in [4.69, 9.17) is 10.5 Å². The van der Waals surface area contributed by atoms with E-state index >= 15 is 0 Å². The lowest BCUT2D eigenvalue weighted by Gasteiger charge is -2.27. The first-order valence-corrected chi connectivity index (χ1v) is 13.4. The van der Waals surface area contributed by atoms with Crippen LogP contribution in [0.15, 0.2) is 66.9 Å². The fourth-order valence-electron chi connectivity index (χ4n) is 4.59. The Kier molecular flexibility index (Phi) is 9.63. The summed E-state index contributed by atoms with van der Waals surface area (Å²) < 4.78 is 47.2. The van der Waals surface area contributed by atoms with E-state index in [1.807, 2.05) is 6.07 Å². The van der Waals surface area contributed by atoms with Gasteiger partial charge >= 0.3 is 18.1 Å². The van der Waals surface area contributed by atoms with Crippen molar-refractivity contribution in [3.63, 3.8) is 0 Å². The van der Waals surface area contributed by atoms with Crippen molar-refractivity contribution in [3.05, 3.63) is 78.0 Å². The molecular formula is C30H29F3N4O6. The maximum Gasteiger partial charge on any atom is 0.491 e. The van der Waals surface area contributed by atoms with E-state index in [1.54, 1.807) is 60.8 Å². The number of fused-ring (bicyclic) bond motifs is 1. The number of unbranched alkanes of at least 4 members (excludes halogenated alkanes) is 1. The van der Waals surface area contributed by atoms with Gasteiger partial charge in [0, 0.05) is 17.9 Å². The van der Waals surface area contributed by atoms with E-state index in [-0.39, 0.29) is 5.56 Å². The Morgan fingerprint density at radius 2 is 1.79 bits per heavy atom. The number of alkyl halides is 3. The smallest absolute Gasteiger partial charge is 0.490 e. The zero-order valence-corrected chi connectivity index (χ0v) is 23.2. The van der Waals surface area contributed by atoms with Gasteiger partial charge in [0.15, 0.2) is 11.6 Å². The molecule has 2 amide bonds. The molecule has 226 valence electrons. The molecule has 1 atom stereocenters. The summed E-state index contributed by atoms with van der Waals surface area (Å²) in [5, 5.41) is 0. The molecule has 0 saturated carbocycles. The molecule has 0 saturated heterocycles. The third kappa shape index (κ3) is 7.67. The molecule has 4 rings (SSSR count). The number of amides is 2. The van der Waals surface area contributed by atoms with E-state index in [0.717, 1.165) is 10.5 Å². The molecule has 1 aliphatic heterocycles. The van der Waals surface area contributed by atoms with Gasteiger partial charge in [-0.1, -0.05) is 24.3 Å². The van der Waals surface area contributed by atoms with Crippen molar-refractivity contribution >= 4 is 40.9 Å². The van der Waals surface area contributed by atoms with Crippen LogP contribution in [-0.4, -0.2) is 59.0 Å². The lowest BCUT2D eigenvalue weighted by atomic mass is 10.0. The van der Waals surface area contributed by atoms with Crippen LogP contribution in [-0.2, 0) is 25.5 Å². The van der Waals surface area contributed by atoms with Crippen molar-refractivity contribution in [2.24, 2.45) is 0 Å². The second-order valence-electron chi connectivity index (χ2n) is 9.85. The minimum absolute atomic E-state index is 0.179. The number of nitrogens with zero attached hydrogens (tertiary/aromatic N) is 3. The Morgan fingerprint density at radius 3 is 2.49 bits per heavy atom. The summed E-state index contributed by atoms with van der Waals surface area (Å²) in [6.07, 6.45) is -2.56. The number of halogens is 3. The van der Waals surface area contributed by atoms with Gasteiger partial charge in [-0.05, 0) is 68.1 Å². The minimum atomic E-state index is -5.35. The van der Waals surface area contributed by atoms with E-state index in [1.165, 1.54) is 11.8 Å². The van der Waals surface area contributed by atoms with Crippen LogP contribution in [0.2, 0.25) is 0 Å². The van der Waals surface area contributed by atoms with Crippen LogP contribution >= 0.6 is 0 Å². The maximum atomic E-state index is 13.8. The highest BCUT2D eigenvalue weighted by atomic mass is 19.4. The third-order valence-corrected chi connectivity index (χ3v) is 6.71.